The number of nitrogens with one attached hydrogen (secondary N) is 1. The SMILES string of the molecule is CC1C(N)CCC(C(=O)N[C@H](C)C2CCCCC2)C1(C)C. The van der Waals surface area contributed by atoms with Crippen molar-refractivity contribution in [2.45, 2.75) is 84.7 Å². The van der Waals surface area contributed by atoms with Crippen molar-refractivity contribution in [2.24, 2.45) is 28.9 Å². The number of nitrogens with two attached hydrogens (primary N) is 1. The Morgan fingerprint density at radius 3 is 2.38 bits per heavy atom. The first kappa shape index (κ1) is 16.8. The van der Waals surface area contributed by atoms with Gasteiger partial charge in [-0.15, -0.1) is 0 Å². The quantitative estimate of drug-likeness (QED) is 0.837. The summed E-state index contributed by atoms with van der Waals surface area (Å²) in [7, 11) is 0. The molecule has 0 aliphatic heterocycles. The van der Waals surface area contributed by atoms with Gasteiger partial charge in [0, 0.05) is 18.0 Å². The van der Waals surface area contributed by atoms with Gasteiger partial charge in [-0.25, -0.2) is 0 Å². The zero-order chi connectivity index (χ0) is 15.6. The highest BCUT2D eigenvalue weighted by Crippen LogP contribution is 2.44. The molecule has 2 saturated carbocycles. The van der Waals surface area contributed by atoms with E-state index in [1.54, 1.807) is 0 Å². The fourth-order valence-corrected chi connectivity index (χ4v) is 4.40. The van der Waals surface area contributed by atoms with Gasteiger partial charge in [0.05, 0.1) is 0 Å². The fourth-order valence-electron chi connectivity index (χ4n) is 4.40. The topological polar surface area (TPSA) is 55.1 Å². The van der Waals surface area contributed by atoms with Crippen molar-refractivity contribution in [1.29, 1.82) is 0 Å². The van der Waals surface area contributed by atoms with Crippen LogP contribution in [-0.2, 0) is 4.79 Å². The lowest BCUT2D eigenvalue weighted by molar-refractivity contribution is -0.133. The van der Waals surface area contributed by atoms with E-state index < -0.39 is 0 Å². The summed E-state index contributed by atoms with van der Waals surface area (Å²) < 4.78 is 0. The van der Waals surface area contributed by atoms with Gasteiger partial charge in [0.25, 0.3) is 0 Å². The van der Waals surface area contributed by atoms with Gasteiger partial charge in [-0.1, -0.05) is 40.0 Å². The minimum absolute atomic E-state index is 0.00592. The molecule has 0 aromatic rings. The van der Waals surface area contributed by atoms with Crippen LogP contribution in [0.4, 0.5) is 0 Å². The van der Waals surface area contributed by atoms with Gasteiger partial charge in [-0.3, -0.25) is 4.79 Å². The molecule has 2 rings (SSSR count). The molecule has 21 heavy (non-hydrogen) atoms. The first-order valence-electron chi connectivity index (χ1n) is 8.90. The molecule has 2 fully saturated rings. The largest absolute Gasteiger partial charge is 0.353 e. The van der Waals surface area contributed by atoms with Crippen LogP contribution < -0.4 is 11.1 Å². The fraction of sp³-hybridized carbons (Fsp3) is 0.944. The van der Waals surface area contributed by atoms with Crippen LogP contribution in [0.15, 0.2) is 0 Å². The summed E-state index contributed by atoms with van der Waals surface area (Å²) in [4.78, 5) is 12.8. The van der Waals surface area contributed by atoms with E-state index >= 15 is 0 Å². The Kier molecular flexibility index (Phi) is 5.34. The predicted octanol–water partition coefficient (Wildman–Crippen LogP) is 3.47. The molecule has 122 valence electrons. The molecule has 2 aliphatic carbocycles. The number of carbonyl (C=O) groups is 1. The van der Waals surface area contributed by atoms with Crippen LogP contribution in [0.2, 0.25) is 0 Å². The monoisotopic (exact) mass is 294 g/mol. The molecule has 0 saturated heterocycles. The Bertz CT molecular complexity index is 360. The molecule has 0 heterocycles. The van der Waals surface area contributed by atoms with E-state index in [1.165, 1.54) is 32.1 Å². The molecule has 3 nitrogen and oxygen atoms in total. The number of amides is 1. The molecule has 3 heteroatoms. The lowest BCUT2D eigenvalue weighted by atomic mass is 9.61. The molecule has 0 aromatic heterocycles. The van der Waals surface area contributed by atoms with Crippen LogP contribution >= 0.6 is 0 Å². The lowest BCUT2D eigenvalue weighted by Crippen LogP contribution is -2.53. The molecule has 1 amide bonds. The second-order valence-corrected chi connectivity index (χ2v) is 8.10. The Labute approximate surface area is 130 Å². The van der Waals surface area contributed by atoms with Gasteiger partial charge < -0.3 is 11.1 Å². The van der Waals surface area contributed by atoms with E-state index in [1.807, 2.05) is 0 Å². The van der Waals surface area contributed by atoms with E-state index in [2.05, 4.69) is 33.0 Å². The van der Waals surface area contributed by atoms with Crippen LogP contribution in [0.1, 0.15) is 72.6 Å². The zero-order valence-corrected chi connectivity index (χ0v) is 14.3. The van der Waals surface area contributed by atoms with Gasteiger partial charge >= 0.3 is 0 Å². The maximum absolute atomic E-state index is 12.8. The molecule has 3 unspecified atom stereocenters. The van der Waals surface area contributed by atoms with Crippen molar-refractivity contribution >= 4 is 5.91 Å². The van der Waals surface area contributed by atoms with Gasteiger partial charge in [0.15, 0.2) is 0 Å². The summed E-state index contributed by atoms with van der Waals surface area (Å²) in [6.45, 7) is 8.83. The van der Waals surface area contributed by atoms with E-state index in [-0.39, 0.29) is 23.3 Å². The zero-order valence-electron chi connectivity index (χ0n) is 14.3. The molecule has 2 aliphatic rings. The number of carbonyl (C=O) groups excluding carboxylic acids is 1. The summed E-state index contributed by atoms with van der Waals surface area (Å²) in [5.74, 6) is 1.44. The molecule has 4 atom stereocenters. The Hall–Kier alpha value is -0.570. The molecular formula is C18H34N2O. The van der Waals surface area contributed by atoms with Crippen molar-refractivity contribution in [1.82, 2.24) is 5.32 Å². The highest BCUT2D eigenvalue weighted by Gasteiger charge is 2.45. The third-order valence-corrected chi connectivity index (χ3v) is 6.55. The van der Waals surface area contributed by atoms with Gasteiger partial charge in [-0.2, -0.15) is 0 Å². The van der Waals surface area contributed by atoms with Crippen molar-refractivity contribution in [3.05, 3.63) is 0 Å². The first-order valence-corrected chi connectivity index (χ1v) is 8.90. The van der Waals surface area contributed by atoms with Crippen LogP contribution in [0, 0.1) is 23.2 Å². The third kappa shape index (κ3) is 3.61. The molecule has 0 spiro atoms. The summed E-state index contributed by atoms with van der Waals surface area (Å²) in [5, 5.41) is 3.33. The third-order valence-electron chi connectivity index (χ3n) is 6.55. The van der Waals surface area contributed by atoms with Crippen molar-refractivity contribution < 1.29 is 4.79 Å². The molecule has 0 radical (unpaired) electrons. The standard InChI is InChI=1S/C18H34N2O/c1-12-16(19)11-10-15(18(12,3)4)17(21)20-13(2)14-8-6-5-7-9-14/h12-16H,5-11,19H2,1-4H3,(H,20,21)/t12?,13-,15?,16?/m1/s1. The molecule has 0 bridgehead atoms. The van der Waals surface area contributed by atoms with E-state index in [4.69, 9.17) is 5.73 Å². The average Bonchev–Trinajstić information content (AvgIpc) is 2.45. The maximum Gasteiger partial charge on any atom is 0.223 e. The Balaban J connectivity index is 1.95. The summed E-state index contributed by atoms with van der Waals surface area (Å²) in [6, 6.07) is 0.555. The Morgan fingerprint density at radius 1 is 1.14 bits per heavy atom. The van der Waals surface area contributed by atoms with Crippen molar-refractivity contribution in [3.63, 3.8) is 0 Å². The normalized spacial score (nSPS) is 35.2. The average molecular weight is 294 g/mol. The number of rotatable bonds is 3. The van der Waals surface area contributed by atoms with Gasteiger partial charge in [0.1, 0.15) is 0 Å². The maximum atomic E-state index is 12.8. The summed E-state index contributed by atoms with van der Waals surface area (Å²) >= 11 is 0. The minimum atomic E-state index is -0.00592. The molecule has 0 aromatic carbocycles. The lowest BCUT2D eigenvalue weighted by Gasteiger charge is -2.46. The molecular weight excluding hydrogens is 260 g/mol. The van der Waals surface area contributed by atoms with Crippen LogP contribution in [0.3, 0.4) is 0 Å². The van der Waals surface area contributed by atoms with E-state index in [0.717, 1.165) is 12.8 Å². The first-order chi connectivity index (χ1) is 9.84. The minimum Gasteiger partial charge on any atom is -0.353 e. The van der Waals surface area contributed by atoms with E-state index in [0.29, 0.717) is 17.9 Å². The smallest absolute Gasteiger partial charge is 0.223 e. The van der Waals surface area contributed by atoms with Gasteiger partial charge in [0.2, 0.25) is 5.91 Å². The summed E-state index contributed by atoms with van der Waals surface area (Å²) in [5.41, 5.74) is 6.20. The van der Waals surface area contributed by atoms with Crippen molar-refractivity contribution in [2.75, 3.05) is 0 Å². The second-order valence-electron chi connectivity index (χ2n) is 8.10. The van der Waals surface area contributed by atoms with Crippen LogP contribution in [0.5, 0.6) is 0 Å². The Morgan fingerprint density at radius 2 is 1.76 bits per heavy atom. The highest BCUT2D eigenvalue weighted by atomic mass is 16.2. The van der Waals surface area contributed by atoms with Crippen LogP contribution in [0.25, 0.3) is 0 Å². The number of hydrogen-bond acceptors (Lipinski definition) is 2. The van der Waals surface area contributed by atoms with Gasteiger partial charge in [-0.05, 0) is 49.9 Å². The highest BCUT2D eigenvalue weighted by molar-refractivity contribution is 5.80. The van der Waals surface area contributed by atoms with Crippen molar-refractivity contribution in [3.8, 4) is 0 Å². The van der Waals surface area contributed by atoms with Crippen LogP contribution in [-0.4, -0.2) is 18.0 Å². The summed E-state index contributed by atoms with van der Waals surface area (Å²) in [6.07, 6.45) is 8.47. The number of hydrogen-bond donors (Lipinski definition) is 2. The second kappa shape index (κ2) is 6.68. The van der Waals surface area contributed by atoms with E-state index in [9.17, 15) is 4.79 Å². The molecule has 3 N–H and O–H groups in total. The predicted molar refractivity (Wildman–Crippen MR) is 87.8 cm³/mol.